The summed E-state index contributed by atoms with van der Waals surface area (Å²) in [5.74, 6) is -2.25. The largest absolute Gasteiger partial charge is 0.477 e. The maximum Gasteiger partial charge on any atom is 0.341 e. The predicted octanol–water partition coefficient (Wildman–Crippen LogP) is 2.80. The maximum atomic E-state index is 13.7. The van der Waals surface area contributed by atoms with E-state index in [9.17, 15) is 14.0 Å². The van der Waals surface area contributed by atoms with Gasteiger partial charge in [0, 0.05) is 23.0 Å². The second-order valence-electron chi connectivity index (χ2n) is 3.97. The molecule has 1 aromatic carbocycles. The average Bonchev–Trinajstić information content (AvgIpc) is 2.41. The van der Waals surface area contributed by atoms with Gasteiger partial charge in [-0.05, 0) is 24.6 Å². The zero-order chi connectivity index (χ0) is 14.9. The third-order valence-corrected chi connectivity index (χ3v) is 2.87. The zero-order valence-electron chi connectivity index (χ0n) is 10.4. The molecule has 102 valence electrons. The highest BCUT2D eigenvalue weighted by atomic mass is 19.1. The van der Waals surface area contributed by atoms with Gasteiger partial charge in [-0.2, -0.15) is 0 Å². The average molecular weight is 276 g/mol. The molecule has 1 aromatic heterocycles. The van der Waals surface area contributed by atoms with Crippen molar-refractivity contribution in [1.29, 1.82) is 0 Å². The van der Waals surface area contributed by atoms with Gasteiger partial charge in [-0.15, -0.1) is 0 Å². The predicted molar refractivity (Wildman–Crippen MR) is 69.6 cm³/mol. The smallest absolute Gasteiger partial charge is 0.341 e. The van der Waals surface area contributed by atoms with E-state index in [0.29, 0.717) is 12.1 Å². The number of pyridine rings is 1. The molecule has 0 unspecified atom stereocenters. The first-order valence-electron chi connectivity index (χ1n) is 5.64. The van der Waals surface area contributed by atoms with Gasteiger partial charge in [0.05, 0.1) is 11.2 Å². The van der Waals surface area contributed by atoms with Crippen LogP contribution in [0.1, 0.15) is 17.3 Å². The lowest BCUT2D eigenvalue weighted by Gasteiger charge is -2.10. The normalized spacial score (nSPS) is 10.3. The SMILES string of the molecule is CCn1cc(C(=O)O)c(=O)c2cc(F)c(N=[N+]=[N-])cc21. The Labute approximate surface area is 111 Å². The molecule has 20 heavy (non-hydrogen) atoms. The van der Waals surface area contributed by atoms with Crippen LogP contribution in [0, 0.1) is 5.82 Å². The fraction of sp³-hybridized carbons (Fsp3) is 0.167. The van der Waals surface area contributed by atoms with Crippen LogP contribution in [0.5, 0.6) is 0 Å². The number of rotatable bonds is 3. The molecule has 1 heterocycles. The van der Waals surface area contributed by atoms with E-state index >= 15 is 0 Å². The van der Waals surface area contributed by atoms with Crippen molar-refractivity contribution in [3.63, 3.8) is 0 Å². The fourth-order valence-electron chi connectivity index (χ4n) is 1.94. The number of aryl methyl sites for hydroxylation is 1. The Balaban J connectivity index is 2.97. The number of hydrogen-bond donors (Lipinski definition) is 1. The van der Waals surface area contributed by atoms with Crippen molar-refractivity contribution in [3.8, 4) is 0 Å². The van der Waals surface area contributed by atoms with Gasteiger partial charge in [-0.1, -0.05) is 5.11 Å². The Morgan fingerprint density at radius 1 is 1.55 bits per heavy atom. The van der Waals surface area contributed by atoms with Gasteiger partial charge in [0.25, 0.3) is 0 Å². The van der Waals surface area contributed by atoms with Crippen molar-refractivity contribution in [3.05, 3.63) is 50.4 Å². The minimum Gasteiger partial charge on any atom is -0.477 e. The third-order valence-electron chi connectivity index (χ3n) is 2.87. The first-order valence-corrected chi connectivity index (χ1v) is 5.64. The van der Waals surface area contributed by atoms with Crippen molar-refractivity contribution in [2.75, 3.05) is 0 Å². The van der Waals surface area contributed by atoms with Gasteiger partial charge in [0.1, 0.15) is 11.4 Å². The number of aromatic carboxylic acids is 1. The number of fused-ring (bicyclic) bond motifs is 1. The summed E-state index contributed by atoms with van der Waals surface area (Å²) in [6.07, 6.45) is 1.19. The number of nitrogens with zero attached hydrogens (tertiary/aromatic N) is 4. The summed E-state index contributed by atoms with van der Waals surface area (Å²) in [6.45, 7) is 2.12. The van der Waals surface area contributed by atoms with E-state index in [4.69, 9.17) is 10.6 Å². The third kappa shape index (κ3) is 2.08. The van der Waals surface area contributed by atoms with Crippen LogP contribution in [0.15, 0.2) is 28.2 Å². The molecule has 0 atom stereocenters. The summed E-state index contributed by atoms with van der Waals surface area (Å²) >= 11 is 0. The first-order chi connectivity index (χ1) is 9.49. The Bertz CT molecular complexity index is 822. The van der Waals surface area contributed by atoms with Crippen LogP contribution in [-0.4, -0.2) is 15.6 Å². The lowest BCUT2D eigenvalue weighted by Crippen LogP contribution is -2.18. The van der Waals surface area contributed by atoms with E-state index in [-0.39, 0.29) is 11.1 Å². The molecule has 0 bridgehead atoms. The van der Waals surface area contributed by atoms with Gasteiger partial charge in [0.15, 0.2) is 0 Å². The van der Waals surface area contributed by atoms with Gasteiger partial charge in [-0.25, -0.2) is 9.18 Å². The minimum atomic E-state index is -1.38. The number of carboxylic acids is 1. The molecule has 2 rings (SSSR count). The van der Waals surface area contributed by atoms with E-state index in [1.807, 2.05) is 0 Å². The van der Waals surface area contributed by atoms with Crippen LogP contribution >= 0.6 is 0 Å². The summed E-state index contributed by atoms with van der Waals surface area (Å²) in [5.41, 5.74) is 7.22. The van der Waals surface area contributed by atoms with Crippen LogP contribution in [0.25, 0.3) is 21.3 Å². The maximum absolute atomic E-state index is 13.7. The lowest BCUT2D eigenvalue weighted by molar-refractivity contribution is 0.0695. The van der Waals surface area contributed by atoms with E-state index in [1.54, 1.807) is 6.92 Å². The van der Waals surface area contributed by atoms with Crippen LogP contribution in [-0.2, 0) is 6.54 Å². The van der Waals surface area contributed by atoms with Crippen LogP contribution in [0.3, 0.4) is 0 Å². The van der Waals surface area contributed by atoms with Crippen molar-refractivity contribution in [2.45, 2.75) is 13.5 Å². The molecular weight excluding hydrogens is 267 g/mol. The molecule has 7 nitrogen and oxygen atoms in total. The highest BCUT2D eigenvalue weighted by molar-refractivity contribution is 5.93. The zero-order valence-corrected chi connectivity index (χ0v) is 10.4. The molecule has 2 aromatic rings. The van der Waals surface area contributed by atoms with E-state index < -0.39 is 22.8 Å². The first kappa shape index (κ1) is 13.6. The number of azide groups is 1. The molecular formula is C12H9FN4O3. The summed E-state index contributed by atoms with van der Waals surface area (Å²) in [4.78, 5) is 25.5. The number of carbonyl (C=O) groups is 1. The fourth-order valence-corrected chi connectivity index (χ4v) is 1.94. The van der Waals surface area contributed by atoms with Crippen LogP contribution in [0.4, 0.5) is 10.1 Å². The minimum absolute atomic E-state index is 0.0684. The van der Waals surface area contributed by atoms with Crippen molar-refractivity contribution >= 4 is 22.6 Å². The van der Waals surface area contributed by atoms with Crippen molar-refractivity contribution in [2.24, 2.45) is 5.11 Å². The number of aromatic nitrogens is 1. The Morgan fingerprint density at radius 2 is 2.25 bits per heavy atom. The van der Waals surface area contributed by atoms with Gasteiger partial charge in [0.2, 0.25) is 5.43 Å². The summed E-state index contributed by atoms with van der Waals surface area (Å²) in [7, 11) is 0. The van der Waals surface area contributed by atoms with E-state index in [0.717, 1.165) is 6.07 Å². The quantitative estimate of drug-likeness (QED) is 0.528. The van der Waals surface area contributed by atoms with E-state index in [1.165, 1.54) is 16.8 Å². The second kappa shape index (κ2) is 5.02. The van der Waals surface area contributed by atoms with Crippen molar-refractivity contribution < 1.29 is 14.3 Å². The number of halogens is 1. The topological polar surface area (TPSA) is 108 Å². The summed E-state index contributed by atoms with van der Waals surface area (Å²) < 4.78 is 15.2. The van der Waals surface area contributed by atoms with Crippen molar-refractivity contribution in [1.82, 2.24) is 4.57 Å². The monoisotopic (exact) mass is 276 g/mol. The lowest BCUT2D eigenvalue weighted by atomic mass is 10.1. The molecule has 0 amide bonds. The molecule has 0 spiro atoms. The molecule has 0 saturated heterocycles. The molecule has 8 heteroatoms. The molecule has 0 aliphatic rings. The number of benzene rings is 1. The highest BCUT2D eigenvalue weighted by Gasteiger charge is 2.16. The van der Waals surface area contributed by atoms with Gasteiger partial charge >= 0.3 is 5.97 Å². The number of carboxylic acid groups (broad SMARTS) is 1. The Kier molecular flexibility index (Phi) is 3.41. The highest BCUT2D eigenvalue weighted by Crippen LogP contribution is 2.24. The Morgan fingerprint density at radius 3 is 2.80 bits per heavy atom. The molecule has 0 aliphatic carbocycles. The standard InChI is InChI=1S/C12H9FN4O3/c1-2-17-5-7(12(19)20)11(18)6-3-8(13)9(15-16-14)4-10(6)17/h3-5H,2H2,1H3,(H,19,20). The molecule has 0 radical (unpaired) electrons. The summed E-state index contributed by atoms with van der Waals surface area (Å²) in [6, 6.07) is 2.11. The van der Waals surface area contributed by atoms with E-state index in [2.05, 4.69) is 10.0 Å². The molecule has 0 aliphatic heterocycles. The van der Waals surface area contributed by atoms with Gasteiger partial charge in [-0.3, -0.25) is 4.79 Å². The summed E-state index contributed by atoms with van der Waals surface area (Å²) in [5, 5.41) is 12.1. The second-order valence-corrected chi connectivity index (χ2v) is 3.97. The Hall–Kier alpha value is -2.86. The van der Waals surface area contributed by atoms with Crippen LogP contribution < -0.4 is 5.43 Å². The van der Waals surface area contributed by atoms with Gasteiger partial charge < -0.3 is 9.67 Å². The molecule has 1 N–H and O–H groups in total. The van der Waals surface area contributed by atoms with Crippen LogP contribution in [0.2, 0.25) is 0 Å². The number of hydrogen-bond acceptors (Lipinski definition) is 3. The molecule has 0 fully saturated rings. The molecule has 0 saturated carbocycles.